The van der Waals surface area contributed by atoms with Crippen LogP contribution in [0, 0.1) is 70.0 Å². The molecule has 0 fully saturated rings. The van der Waals surface area contributed by atoms with Crippen LogP contribution in [0.5, 0.6) is 0 Å². The SMILES string of the molecule is [O]=[Pr](=[O])=[O].[O]=[Sm](=[O])=[O]. The Morgan fingerprint density at radius 2 is 0.875 bits per heavy atom. The van der Waals surface area contributed by atoms with Crippen LogP contribution < -0.4 is 0 Å². The molecule has 0 N–H and O–H groups in total. The summed E-state index contributed by atoms with van der Waals surface area (Å²) in [5.41, 5.74) is 0. The second kappa shape index (κ2) is 8.50. The monoisotopic (exact) mass is 389 g/mol. The molecule has 0 aromatic carbocycles. The van der Waals surface area contributed by atoms with E-state index < -0.39 is 70.0 Å². The molecule has 8 heteroatoms. The van der Waals surface area contributed by atoms with Crippen molar-refractivity contribution in [3.8, 4) is 0 Å². The van der Waals surface area contributed by atoms with Crippen molar-refractivity contribution < 1.29 is 76.3 Å². The molecule has 0 rings (SSSR count). The molecule has 0 saturated heterocycles. The zero-order valence-electron chi connectivity index (χ0n) is 3.44. The molecule has 0 bridgehead atoms. The molecule has 0 heterocycles. The molecule has 0 aromatic heterocycles. The van der Waals surface area contributed by atoms with Crippen molar-refractivity contribution in [3.05, 3.63) is 0 Å². The average molecular weight is 387 g/mol. The van der Waals surface area contributed by atoms with E-state index >= 15 is 0 Å². The van der Waals surface area contributed by atoms with E-state index in [9.17, 15) is 0 Å². The van der Waals surface area contributed by atoms with Crippen LogP contribution >= 0.6 is 0 Å². The fraction of sp³-hybridized carbons (Fsp3) is 0. The van der Waals surface area contributed by atoms with Crippen molar-refractivity contribution in [2.75, 3.05) is 0 Å². The van der Waals surface area contributed by atoms with Gasteiger partial charge in [-0.1, -0.05) is 0 Å². The third kappa shape index (κ3) is 141. The van der Waals surface area contributed by atoms with E-state index in [1.54, 1.807) is 0 Å². The molecule has 0 aromatic rings. The summed E-state index contributed by atoms with van der Waals surface area (Å²) in [6.45, 7) is 0. The summed E-state index contributed by atoms with van der Waals surface area (Å²) in [6, 6.07) is 0. The maximum atomic E-state index is 8.64. The van der Waals surface area contributed by atoms with E-state index in [4.69, 9.17) is 6.30 Å². The fourth-order valence-corrected chi connectivity index (χ4v) is 0. The van der Waals surface area contributed by atoms with Crippen LogP contribution in [0.15, 0.2) is 0 Å². The predicted molar refractivity (Wildman–Crippen MR) is 4.12 cm³/mol. The van der Waals surface area contributed by atoms with Crippen molar-refractivity contribution >= 4 is 0 Å². The first-order chi connectivity index (χ1) is 3.46. The van der Waals surface area contributed by atoms with Gasteiger partial charge in [0.25, 0.3) is 0 Å². The van der Waals surface area contributed by atoms with E-state index in [1.165, 1.54) is 0 Å². The molecule has 0 unspecified atom stereocenters. The van der Waals surface area contributed by atoms with Crippen LogP contribution in [-0.2, 0) is 6.30 Å². The van der Waals surface area contributed by atoms with Gasteiger partial charge < -0.3 is 0 Å². The van der Waals surface area contributed by atoms with Crippen LogP contribution in [0.25, 0.3) is 0 Å². The van der Waals surface area contributed by atoms with Gasteiger partial charge in [-0.05, 0) is 0 Å². The zero-order valence-corrected chi connectivity index (χ0v) is 9.76. The Hall–Kier alpha value is 1.50. The standard InChI is InChI=1S/6O.Pr.Sm. The quantitative estimate of drug-likeness (QED) is 0.544. The molecule has 0 aliphatic carbocycles. The first-order valence-corrected chi connectivity index (χ1v) is 8.95. The molecule has 0 aliphatic rings. The van der Waals surface area contributed by atoms with Crippen LogP contribution in [0.4, 0.5) is 0 Å². The Kier molecular flexibility index (Phi) is 13.0. The maximum absolute atomic E-state index is 8.64. The average Bonchev–Trinajstić information content (AvgIpc) is 1.25. The first kappa shape index (κ1) is 12.2. The van der Waals surface area contributed by atoms with Crippen molar-refractivity contribution in [1.82, 2.24) is 0 Å². The topological polar surface area (TPSA) is 102 Å². The summed E-state index contributed by atoms with van der Waals surface area (Å²) in [5, 5.41) is 0. The normalized spacial score (nSPS) is 4.88. The van der Waals surface area contributed by atoms with Crippen molar-refractivity contribution in [2.45, 2.75) is 0 Å². The molecule has 0 aliphatic heterocycles. The van der Waals surface area contributed by atoms with Gasteiger partial charge in [0.15, 0.2) is 0 Å². The summed E-state index contributed by atoms with van der Waals surface area (Å²) in [6.07, 6.45) is 0. The Bertz CT molecular complexity index is 177. The van der Waals surface area contributed by atoms with E-state index in [2.05, 4.69) is 0 Å². The minimum atomic E-state index is -4.47. The third-order valence-corrected chi connectivity index (χ3v) is 0. The van der Waals surface area contributed by atoms with Gasteiger partial charge in [-0.2, -0.15) is 0 Å². The number of rotatable bonds is 0. The Morgan fingerprint density at radius 3 is 0.875 bits per heavy atom. The van der Waals surface area contributed by atoms with Crippen molar-refractivity contribution in [2.24, 2.45) is 0 Å². The molecular formula is O6PrSm. The third-order valence-electron chi connectivity index (χ3n) is 0. The van der Waals surface area contributed by atoms with Crippen LogP contribution in [-0.4, -0.2) is 0 Å². The minimum absolute atomic E-state index is 4.28. The van der Waals surface area contributed by atoms with Crippen LogP contribution in [0.1, 0.15) is 0 Å². The predicted octanol–water partition coefficient (Wildman–Crippen LogP) is -0.713. The molecular weight excluding hydrogens is 387 g/mol. The summed E-state index contributed by atoms with van der Waals surface area (Å²) in [7, 11) is 0. The molecule has 8 heavy (non-hydrogen) atoms. The van der Waals surface area contributed by atoms with Gasteiger partial charge in [0.1, 0.15) is 0 Å². The Balaban J connectivity index is 0. The van der Waals surface area contributed by atoms with Crippen LogP contribution in [0.3, 0.4) is 0 Å². The number of hydrogen-bond donors (Lipinski definition) is 0. The first-order valence-electron chi connectivity index (χ1n) is 1.21. The summed E-state index contributed by atoms with van der Waals surface area (Å²) in [5.74, 6) is 0. The van der Waals surface area contributed by atoms with Gasteiger partial charge in [-0.25, -0.2) is 0 Å². The molecule has 0 atom stereocenters. The van der Waals surface area contributed by atoms with E-state index in [-0.39, 0.29) is 0 Å². The van der Waals surface area contributed by atoms with Crippen molar-refractivity contribution in [3.63, 3.8) is 0 Å². The second-order valence-corrected chi connectivity index (χ2v) is 3.65. The van der Waals surface area contributed by atoms with E-state index in [0.717, 1.165) is 0 Å². The van der Waals surface area contributed by atoms with Gasteiger partial charge in [0, 0.05) is 0 Å². The second-order valence-electron chi connectivity index (χ2n) is 0.493. The molecule has 45 valence electrons. The van der Waals surface area contributed by atoms with Gasteiger partial charge in [-0.15, -0.1) is 0 Å². The Labute approximate surface area is 74.1 Å². The zero-order chi connectivity index (χ0) is 7.15. The molecule has 6 nitrogen and oxygen atoms in total. The molecule has 0 radical (unpaired) electrons. The van der Waals surface area contributed by atoms with Gasteiger partial charge in [0.2, 0.25) is 0 Å². The van der Waals surface area contributed by atoms with Gasteiger partial charge >= 0.3 is 76.3 Å². The van der Waals surface area contributed by atoms with E-state index in [1.807, 2.05) is 0 Å². The summed E-state index contributed by atoms with van der Waals surface area (Å²) in [4.78, 5) is 0. The van der Waals surface area contributed by atoms with Gasteiger partial charge in [0.05, 0.1) is 0 Å². The fourth-order valence-electron chi connectivity index (χ4n) is 0. The van der Waals surface area contributed by atoms with Gasteiger partial charge in [-0.3, -0.25) is 0 Å². The summed E-state index contributed by atoms with van der Waals surface area (Å²) < 4.78 is 51.8. The molecule has 0 amide bonds. The van der Waals surface area contributed by atoms with E-state index in [0.29, 0.717) is 0 Å². The molecule has 0 saturated carbocycles. The van der Waals surface area contributed by atoms with Crippen molar-refractivity contribution in [1.29, 1.82) is 0 Å². The molecule has 0 spiro atoms. The number of hydrogen-bond acceptors (Lipinski definition) is 6. The summed E-state index contributed by atoms with van der Waals surface area (Å²) >= 11 is -8.75. The Morgan fingerprint density at radius 1 is 0.875 bits per heavy atom. The van der Waals surface area contributed by atoms with Crippen LogP contribution in [0.2, 0.25) is 0 Å².